The standard InChI is InChI=1S/C8H5N3O/c9-11-10-8-2-1-6-4-12-5-7(6)3-8/h1-5H. The third-order valence-electron chi connectivity index (χ3n) is 1.62. The van der Waals surface area contributed by atoms with Crippen molar-refractivity contribution in [1.82, 2.24) is 0 Å². The second kappa shape index (κ2) is 2.60. The Kier molecular flexibility index (Phi) is 1.47. The van der Waals surface area contributed by atoms with Crippen LogP contribution in [-0.2, 0) is 0 Å². The molecule has 12 heavy (non-hydrogen) atoms. The van der Waals surface area contributed by atoms with Gasteiger partial charge in [0.05, 0.1) is 12.5 Å². The maximum atomic E-state index is 8.18. The molecule has 0 spiro atoms. The molecule has 4 nitrogen and oxygen atoms in total. The Balaban J connectivity index is 2.67. The van der Waals surface area contributed by atoms with Crippen molar-refractivity contribution in [2.45, 2.75) is 0 Å². The predicted octanol–water partition coefficient (Wildman–Crippen LogP) is 3.37. The number of furan rings is 1. The zero-order chi connectivity index (χ0) is 8.39. The van der Waals surface area contributed by atoms with Crippen LogP contribution in [0.2, 0.25) is 0 Å². The van der Waals surface area contributed by atoms with Crippen molar-refractivity contribution in [3.63, 3.8) is 0 Å². The highest BCUT2D eigenvalue weighted by atomic mass is 16.3. The Hall–Kier alpha value is -1.93. The molecule has 0 unspecified atom stereocenters. The summed E-state index contributed by atoms with van der Waals surface area (Å²) in [5.41, 5.74) is 8.78. The van der Waals surface area contributed by atoms with Gasteiger partial charge in [-0.2, -0.15) is 0 Å². The molecule has 0 saturated heterocycles. The average Bonchev–Trinajstić information content (AvgIpc) is 2.51. The first kappa shape index (κ1) is 6.76. The van der Waals surface area contributed by atoms with E-state index in [1.807, 2.05) is 6.07 Å². The fraction of sp³-hybridized carbons (Fsp3) is 0. The van der Waals surface area contributed by atoms with Crippen LogP contribution in [0.3, 0.4) is 0 Å². The molecular formula is C8H5N3O. The van der Waals surface area contributed by atoms with Crippen LogP contribution in [0.1, 0.15) is 0 Å². The van der Waals surface area contributed by atoms with Crippen LogP contribution in [0.4, 0.5) is 5.69 Å². The van der Waals surface area contributed by atoms with Crippen molar-refractivity contribution < 1.29 is 4.42 Å². The largest absolute Gasteiger partial charge is 0.471 e. The molecule has 4 heteroatoms. The van der Waals surface area contributed by atoms with Gasteiger partial charge in [0.1, 0.15) is 0 Å². The van der Waals surface area contributed by atoms with E-state index in [-0.39, 0.29) is 0 Å². The molecule has 0 aliphatic rings. The van der Waals surface area contributed by atoms with Gasteiger partial charge < -0.3 is 4.42 Å². The molecule has 0 atom stereocenters. The molecule has 1 aromatic carbocycles. The molecular weight excluding hydrogens is 154 g/mol. The molecule has 1 aromatic heterocycles. The molecule has 0 N–H and O–H groups in total. The van der Waals surface area contributed by atoms with Crippen molar-refractivity contribution in [3.8, 4) is 0 Å². The lowest BCUT2D eigenvalue weighted by molar-refractivity contribution is 0.572. The molecule has 0 aliphatic heterocycles. The minimum Gasteiger partial charge on any atom is -0.471 e. The summed E-state index contributed by atoms with van der Waals surface area (Å²) in [6.07, 6.45) is 3.26. The summed E-state index contributed by atoms with van der Waals surface area (Å²) in [7, 11) is 0. The predicted molar refractivity (Wildman–Crippen MR) is 45.0 cm³/mol. The summed E-state index contributed by atoms with van der Waals surface area (Å²) in [4.78, 5) is 2.69. The number of nitrogens with zero attached hydrogens (tertiary/aromatic N) is 3. The number of benzene rings is 1. The van der Waals surface area contributed by atoms with E-state index >= 15 is 0 Å². The Bertz CT molecular complexity index is 454. The molecule has 2 aromatic rings. The Morgan fingerprint density at radius 3 is 2.92 bits per heavy atom. The van der Waals surface area contributed by atoms with Crippen molar-refractivity contribution in [2.24, 2.45) is 5.11 Å². The first-order valence-corrected chi connectivity index (χ1v) is 3.41. The number of rotatable bonds is 1. The highest BCUT2D eigenvalue weighted by Crippen LogP contribution is 2.21. The third kappa shape index (κ3) is 1.00. The van der Waals surface area contributed by atoms with Gasteiger partial charge in [-0.15, -0.1) is 0 Å². The molecule has 0 fully saturated rings. The molecule has 0 radical (unpaired) electrons. The van der Waals surface area contributed by atoms with Crippen LogP contribution in [0.25, 0.3) is 21.2 Å². The van der Waals surface area contributed by atoms with Crippen LogP contribution >= 0.6 is 0 Å². The van der Waals surface area contributed by atoms with E-state index < -0.39 is 0 Å². The van der Waals surface area contributed by atoms with Gasteiger partial charge in [-0.3, -0.25) is 0 Å². The second-order valence-electron chi connectivity index (χ2n) is 2.37. The van der Waals surface area contributed by atoms with Crippen molar-refractivity contribution in [2.75, 3.05) is 0 Å². The van der Waals surface area contributed by atoms with E-state index in [4.69, 9.17) is 9.95 Å². The number of hydrogen-bond acceptors (Lipinski definition) is 2. The van der Waals surface area contributed by atoms with E-state index in [1.54, 1.807) is 24.7 Å². The van der Waals surface area contributed by atoms with Gasteiger partial charge in [0.25, 0.3) is 0 Å². The van der Waals surface area contributed by atoms with Gasteiger partial charge in [-0.05, 0) is 11.6 Å². The summed E-state index contributed by atoms with van der Waals surface area (Å²) in [6.45, 7) is 0. The van der Waals surface area contributed by atoms with E-state index in [0.29, 0.717) is 5.69 Å². The van der Waals surface area contributed by atoms with Crippen molar-refractivity contribution in [3.05, 3.63) is 41.2 Å². The Labute approximate surface area is 68.0 Å². The summed E-state index contributed by atoms with van der Waals surface area (Å²) in [5, 5.41) is 5.43. The van der Waals surface area contributed by atoms with Gasteiger partial charge in [0.15, 0.2) is 0 Å². The maximum absolute atomic E-state index is 8.18. The summed E-state index contributed by atoms with van der Waals surface area (Å²) in [5.74, 6) is 0. The van der Waals surface area contributed by atoms with E-state index in [9.17, 15) is 0 Å². The van der Waals surface area contributed by atoms with Crippen LogP contribution < -0.4 is 0 Å². The van der Waals surface area contributed by atoms with E-state index in [2.05, 4.69) is 10.0 Å². The molecule has 2 rings (SSSR count). The van der Waals surface area contributed by atoms with E-state index in [1.165, 1.54) is 0 Å². The van der Waals surface area contributed by atoms with Gasteiger partial charge in [0, 0.05) is 21.4 Å². The molecule has 0 saturated carbocycles. The fourth-order valence-electron chi connectivity index (χ4n) is 1.07. The quantitative estimate of drug-likeness (QED) is 0.357. The SMILES string of the molecule is [N-]=[N+]=Nc1ccc2cocc2c1. The third-order valence-corrected chi connectivity index (χ3v) is 1.62. The molecule has 0 bridgehead atoms. The highest BCUT2D eigenvalue weighted by molar-refractivity contribution is 5.83. The molecule has 58 valence electrons. The topological polar surface area (TPSA) is 61.9 Å². The summed E-state index contributed by atoms with van der Waals surface area (Å²) in [6, 6.07) is 5.37. The first-order chi connectivity index (χ1) is 5.90. The lowest BCUT2D eigenvalue weighted by Crippen LogP contribution is -1.62. The number of hydrogen-bond donors (Lipinski definition) is 0. The lowest BCUT2D eigenvalue weighted by atomic mass is 10.2. The average molecular weight is 159 g/mol. The first-order valence-electron chi connectivity index (χ1n) is 3.41. The zero-order valence-electron chi connectivity index (χ0n) is 6.14. The van der Waals surface area contributed by atoms with Crippen LogP contribution in [0, 0.1) is 0 Å². The second-order valence-corrected chi connectivity index (χ2v) is 2.37. The number of fused-ring (bicyclic) bond motifs is 1. The van der Waals surface area contributed by atoms with Gasteiger partial charge in [-0.25, -0.2) is 0 Å². The normalized spacial score (nSPS) is 9.67. The van der Waals surface area contributed by atoms with Crippen LogP contribution in [-0.4, -0.2) is 0 Å². The minimum absolute atomic E-state index is 0.603. The number of azide groups is 1. The van der Waals surface area contributed by atoms with E-state index in [0.717, 1.165) is 10.8 Å². The van der Waals surface area contributed by atoms with Gasteiger partial charge >= 0.3 is 0 Å². The Morgan fingerprint density at radius 1 is 1.25 bits per heavy atom. The molecule has 0 amide bonds. The smallest absolute Gasteiger partial charge is 0.0981 e. The van der Waals surface area contributed by atoms with Gasteiger partial charge in [-0.1, -0.05) is 17.2 Å². The van der Waals surface area contributed by atoms with Gasteiger partial charge in [0.2, 0.25) is 0 Å². The monoisotopic (exact) mass is 159 g/mol. The molecule has 1 heterocycles. The van der Waals surface area contributed by atoms with Crippen molar-refractivity contribution in [1.29, 1.82) is 0 Å². The zero-order valence-corrected chi connectivity index (χ0v) is 6.14. The van der Waals surface area contributed by atoms with Crippen LogP contribution in [0.15, 0.2) is 40.3 Å². The van der Waals surface area contributed by atoms with Crippen LogP contribution in [0.5, 0.6) is 0 Å². The lowest BCUT2D eigenvalue weighted by Gasteiger charge is -1.89. The summed E-state index contributed by atoms with van der Waals surface area (Å²) >= 11 is 0. The van der Waals surface area contributed by atoms with Crippen molar-refractivity contribution >= 4 is 16.5 Å². The molecule has 0 aliphatic carbocycles. The highest BCUT2D eigenvalue weighted by Gasteiger charge is 1.95. The fourth-order valence-corrected chi connectivity index (χ4v) is 1.07. The minimum atomic E-state index is 0.603. The Morgan fingerprint density at radius 2 is 2.08 bits per heavy atom. The maximum Gasteiger partial charge on any atom is 0.0981 e. The summed E-state index contributed by atoms with van der Waals surface area (Å²) < 4.78 is 4.96.